The van der Waals surface area contributed by atoms with Crippen molar-refractivity contribution in [1.29, 1.82) is 0 Å². The number of hydrogen-bond donors (Lipinski definition) is 2. The number of carbonyl (C=O) groups is 2. The molecule has 4 rings (SSSR count). The zero-order chi connectivity index (χ0) is 30.7. The third-order valence-corrected chi connectivity index (χ3v) is 8.16. The number of aromatic nitrogens is 1. The second-order valence-electron chi connectivity index (χ2n) is 11.0. The Morgan fingerprint density at radius 3 is 2.40 bits per heavy atom. The maximum atomic E-state index is 13.6. The number of ketones is 1. The zero-order valence-corrected chi connectivity index (χ0v) is 25.4. The number of piperazine rings is 1. The first-order valence-electron chi connectivity index (χ1n) is 13.2. The number of para-hydroxylation sites is 1. The molecule has 226 valence electrons. The summed E-state index contributed by atoms with van der Waals surface area (Å²) in [6.45, 7) is 5.95. The summed E-state index contributed by atoms with van der Waals surface area (Å²) in [4.78, 5) is 32.0. The van der Waals surface area contributed by atoms with E-state index in [1.165, 1.54) is 35.2 Å². The molecule has 1 saturated heterocycles. The van der Waals surface area contributed by atoms with Crippen LogP contribution in [0.5, 0.6) is 5.75 Å². The van der Waals surface area contributed by atoms with Crippen molar-refractivity contribution in [3.05, 3.63) is 66.2 Å². The number of fused-ring (bicyclic) bond motifs is 1. The first-order chi connectivity index (χ1) is 19.6. The van der Waals surface area contributed by atoms with Gasteiger partial charge in [-0.3, -0.25) is 9.69 Å². The largest absolute Gasteiger partial charge is 0.444 e. The van der Waals surface area contributed by atoms with Gasteiger partial charge in [-0.05, 0) is 63.1 Å². The van der Waals surface area contributed by atoms with Gasteiger partial charge in [-0.15, -0.1) is 0 Å². The molecule has 0 saturated carbocycles. The van der Waals surface area contributed by atoms with Crippen molar-refractivity contribution in [3.8, 4) is 5.75 Å². The number of benzene rings is 2. The number of carbonyl (C=O) groups excluding carboxylic acids is 2. The minimum atomic E-state index is -4.23. The van der Waals surface area contributed by atoms with Crippen LogP contribution >= 0.6 is 0 Å². The molecule has 12 nitrogen and oxygen atoms in total. The molecular weight excluding hydrogens is 584 g/mol. The number of ether oxygens (including phenoxy) is 1. The van der Waals surface area contributed by atoms with E-state index in [1.54, 1.807) is 39.0 Å². The summed E-state index contributed by atoms with van der Waals surface area (Å²) in [7, 11) is -8.04. The SMILES string of the molecule is CC(C)(C)OC(=O)N1CCNCC1C(=O)[C@H](Cc1ccc(OS(=O)(=O)c2ccc3ccccc3n2)cc1)NS(C)(=O)=O. The third kappa shape index (κ3) is 8.25. The summed E-state index contributed by atoms with van der Waals surface area (Å²) < 4.78 is 63.1. The van der Waals surface area contributed by atoms with Crippen LogP contribution in [0.4, 0.5) is 4.79 Å². The van der Waals surface area contributed by atoms with Crippen molar-refractivity contribution in [2.24, 2.45) is 0 Å². The molecule has 0 aliphatic carbocycles. The first-order valence-corrected chi connectivity index (χ1v) is 16.5. The van der Waals surface area contributed by atoms with Crippen LogP contribution in [0.25, 0.3) is 10.9 Å². The van der Waals surface area contributed by atoms with E-state index >= 15 is 0 Å². The van der Waals surface area contributed by atoms with Crippen LogP contribution in [0.1, 0.15) is 26.3 Å². The molecule has 0 spiro atoms. The Kier molecular flexibility index (Phi) is 9.21. The summed E-state index contributed by atoms with van der Waals surface area (Å²) in [6, 6.07) is 13.8. The molecule has 2 N–H and O–H groups in total. The van der Waals surface area contributed by atoms with Gasteiger partial charge in [0.1, 0.15) is 17.4 Å². The molecule has 42 heavy (non-hydrogen) atoms. The van der Waals surface area contributed by atoms with Crippen LogP contribution in [0.3, 0.4) is 0 Å². The molecule has 1 aliphatic rings. The Bertz CT molecular complexity index is 1670. The van der Waals surface area contributed by atoms with Crippen LogP contribution in [-0.4, -0.2) is 82.2 Å². The number of amides is 1. The van der Waals surface area contributed by atoms with E-state index in [0.29, 0.717) is 17.6 Å². The Balaban J connectivity index is 1.51. The number of sulfonamides is 1. The number of hydrogen-bond acceptors (Lipinski definition) is 10. The fourth-order valence-corrected chi connectivity index (χ4v) is 6.07. The fourth-order valence-electron chi connectivity index (χ4n) is 4.46. The van der Waals surface area contributed by atoms with Crippen molar-refractivity contribution >= 4 is 42.9 Å². The summed E-state index contributed by atoms with van der Waals surface area (Å²) in [5.74, 6) is -0.496. The van der Waals surface area contributed by atoms with Gasteiger partial charge >= 0.3 is 16.2 Å². The third-order valence-electron chi connectivity index (χ3n) is 6.30. The van der Waals surface area contributed by atoms with Crippen LogP contribution in [0.15, 0.2) is 65.7 Å². The average molecular weight is 619 g/mol. The molecule has 14 heteroatoms. The van der Waals surface area contributed by atoms with Crippen molar-refractivity contribution < 1.29 is 35.3 Å². The highest BCUT2D eigenvalue weighted by atomic mass is 32.2. The van der Waals surface area contributed by atoms with Gasteiger partial charge in [-0.25, -0.2) is 22.9 Å². The molecule has 1 aliphatic heterocycles. The zero-order valence-electron chi connectivity index (χ0n) is 23.7. The highest BCUT2D eigenvalue weighted by molar-refractivity contribution is 7.88. The standard InChI is InChI=1S/C28H34N4O8S2/c1-28(2,3)39-27(34)32-16-15-29-18-24(32)26(33)23(31-41(4,35)36)17-19-9-12-21(13-10-19)40-42(37,38)25-14-11-20-7-5-6-8-22(20)30-25/h5-14,23-24,29,31H,15-18H2,1-4H3/t23-,24?/m0/s1. The average Bonchev–Trinajstić information content (AvgIpc) is 2.91. The highest BCUT2D eigenvalue weighted by Crippen LogP contribution is 2.22. The van der Waals surface area contributed by atoms with Crippen molar-refractivity contribution in [2.45, 2.75) is 49.9 Å². The van der Waals surface area contributed by atoms with Crippen LogP contribution in [0, 0.1) is 0 Å². The van der Waals surface area contributed by atoms with Crippen LogP contribution in [0.2, 0.25) is 0 Å². The van der Waals surface area contributed by atoms with E-state index in [2.05, 4.69) is 15.0 Å². The minimum absolute atomic E-state index is 0.0141. The molecule has 1 amide bonds. The second kappa shape index (κ2) is 12.3. The van der Waals surface area contributed by atoms with Gasteiger partial charge in [-0.1, -0.05) is 30.3 Å². The fraction of sp³-hybridized carbons (Fsp3) is 0.393. The predicted octanol–water partition coefficient (Wildman–Crippen LogP) is 2.24. The Labute approximate surface area is 245 Å². The van der Waals surface area contributed by atoms with Gasteiger partial charge in [0.05, 0.1) is 17.8 Å². The predicted molar refractivity (Wildman–Crippen MR) is 156 cm³/mol. The number of nitrogens with one attached hydrogen (secondary N) is 2. The van der Waals surface area contributed by atoms with E-state index in [9.17, 15) is 26.4 Å². The Morgan fingerprint density at radius 2 is 1.74 bits per heavy atom. The molecular formula is C28H34N4O8S2. The van der Waals surface area contributed by atoms with Crippen molar-refractivity contribution in [2.75, 3.05) is 25.9 Å². The Hall–Kier alpha value is -3.59. The number of pyridine rings is 1. The highest BCUT2D eigenvalue weighted by Gasteiger charge is 2.38. The van der Waals surface area contributed by atoms with Gasteiger partial charge in [-0.2, -0.15) is 8.42 Å². The maximum Gasteiger partial charge on any atom is 0.410 e. The van der Waals surface area contributed by atoms with Gasteiger partial charge in [0.25, 0.3) is 0 Å². The lowest BCUT2D eigenvalue weighted by molar-refractivity contribution is -0.126. The van der Waals surface area contributed by atoms with E-state index in [-0.39, 0.29) is 30.3 Å². The molecule has 3 aromatic rings. The van der Waals surface area contributed by atoms with Crippen LogP contribution < -0.4 is 14.2 Å². The normalized spacial score (nSPS) is 17.0. The molecule has 2 atom stereocenters. The lowest BCUT2D eigenvalue weighted by Crippen LogP contribution is -2.61. The van der Waals surface area contributed by atoms with E-state index < -0.39 is 49.7 Å². The lowest BCUT2D eigenvalue weighted by Gasteiger charge is -2.37. The molecule has 0 bridgehead atoms. The summed E-state index contributed by atoms with van der Waals surface area (Å²) in [5, 5.41) is 3.61. The molecule has 1 aromatic heterocycles. The molecule has 2 heterocycles. The van der Waals surface area contributed by atoms with Crippen molar-refractivity contribution in [1.82, 2.24) is 19.9 Å². The van der Waals surface area contributed by atoms with Crippen LogP contribution in [-0.2, 0) is 36.1 Å². The van der Waals surface area contributed by atoms with E-state index in [1.807, 2.05) is 12.1 Å². The van der Waals surface area contributed by atoms with Gasteiger partial charge in [0.15, 0.2) is 10.8 Å². The van der Waals surface area contributed by atoms with E-state index in [4.69, 9.17) is 8.92 Å². The smallest absolute Gasteiger partial charge is 0.410 e. The number of rotatable bonds is 9. The number of nitrogens with zero attached hydrogens (tertiary/aromatic N) is 2. The number of Topliss-reactive ketones (excluding diaryl/α,β-unsaturated/α-hetero) is 1. The molecule has 1 unspecified atom stereocenters. The first kappa shape index (κ1) is 31.3. The summed E-state index contributed by atoms with van der Waals surface area (Å²) in [5.41, 5.74) is 0.261. The second-order valence-corrected chi connectivity index (χ2v) is 14.2. The quantitative estimate of drug-likeness (QED) is 0.340. The minimum Gasteiger partial charge on any atom is -0.444 e. The molecule has 2 aromatic carbocycles. The Morgan fingerprint density at radius 1 is 1.05 bits per heavy atom. The van der Waals surface area contributed by atoms with Crippen molar-refractivity contribution in [3.63, 3.8) is 0 Å². The summed E-state index contributed by atoms with van der Waals surface area (Å²) in [6.07, 6.45) is 0.230. The van der Waals surface area contributed by atoms with Gasteiger partial charge in [0, 0.05) is 25.0 Å². The monoisotopic (exact) mass is 618 g/mol. The maximum absolute atomic E-state index is 13.6. The molecule has 1 fully saturated rings. The van der Waals surface area contributed by atoms with Gasteiger partial charge < -0.3 is 14.2 Å². The lowest BCUT2D eigenvalue weighted by atomic mass is 9.97. The topological polar surface area (TPSA) is 161 Å². The van der Waals surface area contributed by atoms with Gasteiger partial charge in [0.2, 0.25) is 10.0 Å². The summed E-state index contributed by atoms with van der Waals surface area (Å²) >= 11 is 0. The van der Waals surface area contributed by atoms with E-state index in [0.717, 1.165) is 11.6 Å². The molecule has 0 radical (unpaired) electrons.